The van der Waals surface area contributed by atoms with Crippen molar-refractivity contribution in [2.75, 3.05) is 79.8 Å². The van der Waals surface area contributed by atoms with Gasteiger partial charge in [0.1, 0.15) is 0 Å². The SMILES string of the molecule is COP(=O)(OCCOCCOCCOCCOCCOCCC(C)C)OC(C)C. The molecule has 10 heteroatoms. The van der Waals surface area contributed by atoms with Gasteiger partial charge in [-0.05, 0) is 26.2 Å². The monoisotopic (exact) mass is 444 g/mol. The molecule has 0 amide bonds. The maximum atomic E-state index is 12.0. The van der Waals surface area contributed by atoms with E-state index in [2.05, 4.69) is 13.8 Å². The molecule has 1 atom stereocenters. The third-order valence-electron chi connectivity index (χ3n) is 3.37. The van der Waals surface area contributed by atoms with Crippen molar-refractivity contribution in [2.45, 2.75) is 40.2 Å². The van der Waals surface area contributed by atoms with E-state index in [4.69, 9.17) is 37.3 Å². The Morgan fingerprint density at radius 1 is 0.621 bits per heavy atom. The van der Waals surface area contributed by atoms with Crippen LogP contribution >= 0.6 is 7.82 Å². The zero-order valence-electron chi connectivity index (χ0n) is 18.8. The van der Waals surface area contributed by atoms with Gasteiger partial charge >= 0.3 is 7.82 Å². The predicted octanol–water partition coefficient (Wildman–Crippen LogP) is 3.31. The molecule has 0 saturated carbocycles. The topological polar surface area (TPSA) is 90.9 Å². The zero-order chi connectivity index (χ0) is 21.8. The Labute approximate surface area is 176 Å². The molecule has 0 aliphatic rings. The second kappa shape index (κ2) is 19.8. The molecule has 0 aromatic carbocycles. The van der Waals surface area contributed by atoms with Crippen LogP contribution in [0, 0.1) is 5.92 Å². The van der Waals surface area contributed by atoms with Crippen molar-refractivity contribution in [3.8, 4) is 0 Å². The Morgan fingerprint density at radius 3 is 1.34 bits per heavy atom. The van der Waals surface area contributed by atoms with Crippen molar-refractivity contribution >= 4 is 7.82 Å². The van der Waals surface area contributed by atoms with Crippen LogP contribution in [0.25, 0.3) is 0 Å². The average Bonchev–Trinajstić information content (AvgIpc) is 2.66. The molecular formula is C19H41O9P. The van der Waals surface area contributed by atoms with Crippen LogP contribution in [-0.2, 0) is 41.8 Å². The number of rotatable bonds is 22. The van der Waals surface area contributed by atoms with E-state index in [-0.39, 0.29) is 19.3 Å². The highest BCUT2D eigenvalue weighted by Gasteiger charge is 2.26. The van der Waals surface area contributed by atoms with Crippen LogP contribution in [0.4, 0.5) is 0 Å². The Morgan fingerprint density at radius 2 is 1.00 bits per heavy atom. The lowest BCUT2D eigenvalue weighted by molar-refractivity contribution is -0.0143. The van der Waals surface area contributed by atoms with Gasteiger partial charge in [0.05, 0.1) is 72.2 Å². The lowest BCUT2D eigenvalue weighted by Crippen LogP contribution is -2.14. The fourth-order valence-corrected chi connectivity index (χ4v) is 2.96. The molecule has 29 heavy (non-hydrogen) atoms. The fraction of sp³-hybridized carbons (Fsp3) is 1.00. The largest absolute Gasteiger partial charge is 0.474 e. The first kappa shape index (κ1) is 28.9. The summed E-state index contributed by atoms with van der Waals surface area (Å²) in [6, 6.07) is 0. The first-order valence-corrected chi connectivity index (χ1v) is 11.7. The van der Waals surface area contributed by atoms with Crippen LogP contribution in [0.5, 0.6) is 0 Å². The summed E-state index contributed by atoms with van der Waals surface area (Å²) in [5, 5.41) is 0. The van der Waals surface area contributed by atoms with Gasteiger partial charge < -0.3 is 23.7 Å². The highest BCUT2D eigenvalue weighted by Crippen LogP contribution is 2.49. The van der Waals surface area contributed by atoms with Gasteiger partial charge in [0, 0.05) is 13.7 Å². The summed E-state index contributed by atoms with van der Waals surface area (Å²) in [4.78, 5) is 0. The first-order chi connectivity index (χ1) is 13.9. The van der Waals surface area contributed by atoms with Gasteiger partial charge in [-0.15, -0.1) is 0 Å². The van der Waals surface area contributed by atoms with E-state index in [1.807, 2.05) is 0 Å². The summed E-state index contributed by atoms with van der Waals surface area (Å²) in [6.45, 7) is 13.1. The molecule has 0 aromatic heterocycles. The first-order valence-electron chi connectivity index (χ1n) is 10.3. The number of hydrogen-bond acceptors (Lipinski definition) is 9. The van der Waals surface area contributed by atoms with E-state index in [1.165, 1.54) is 7.11 Å². The summed E-state index contributed by atoms with van der Waals surface area (Å²) in [7, 11) is -2.21. The second-order valence-electron chi connectivity index (χ2n) is 6.86. The summed E-state index contributed by atoms with van der Waals surface area (Å²) < 4.78 is 54.0. The maximum absolute atomic E-state index is 12.0. The molecule has 176 valence electrons. The molecule has 0 aliphatic carbocycles. The van der Waals surface area contributed by atoms with Crippen LogP contribution in [0.1, 0.15) is 34.1 Å². The Bertz CT molecular complexity index is 394. The van der Waals surface area contributed by atoms with Gasteiger partial charge in [0.15, 0.2) is 0 Å². The lowest BCUT2D eigenvalue weighted by atomic mass is 10.1. The molecule has 0 radical (unpaired) electrons. The number of ether oxygens (including phenoxy) is 5. The van der Waals surface area contributed by atoms with E-state index in [1.54, 1.807) is 13.8 Å². The van der Waals surface area contributed by atoms with Crippen LogP contribution in [0.15, 0.2) is 0 Å². The smallest absolute Gasteiger partial charge is 0.379 e. The Balaban J connectivity index is 3.25. The van der Waals surface area contributed by atoms with Crippen molar-refractivity contribution in [3.63, 3.8) is 0 Å². The van der Waals surface area contributed by atoms with E-state index >= 15 is 0 Å². The molecular weight excluding hydrogens is 403 g/mol. The Kier molecular flexibility index (Phi) is 19.8. The van der Waals surface area contributed by atoms with Crippen molar-refractivity contribution in [3.05, 3.63) is 0 Å². The number of hydrogen-bond donors (Lipinski definition) is 0. The minimum absolute atomic E-state index is 0.115. The lowest BCUT2D eigenvalue weighted by Gasteiger charge is -2.17. The normalized spacial score (nSPS) is 14.0. The molecule has 1 unspecified atom stereocenters. The summed E-state index contributed by atoms with van der Waals surface area (Å²) in [5.74, 6) is 0.665. The molecule has 0 aliphatic heterocycles. The van der Waals surface area contributed by atoms with Crippen molar-refractivity contribution in [1.82, 2.24) is 0 Å². The summed E-state index contributed by atoms with van der Waals surface area (Å²) >= 11 is 0. The molecule has 0 heterocycles. The number of phosphoric acid groups is 1. The van der Waals surface area contributed by atoms with Crippen LogP contribution in [-0.4, -0.2) is 85.9 Å². The molecule has 0 bridgehead atoms. The minimum Gasteiger partial charge on any atom is -0.379 e. The standard InChI is InChI=1S/C19H41O9P/c1-18(2)6-7-22-8-9-23-10-11-24-12-13-25-14-15-26-16-17-27-29(20,21-5)28-19(3)4/h18-19H,6-17H2,1-5H3. The quantitative estimate of drug-likeness (QED) is 0.184. The highest BCUT2D eigenvalue weighted by atomic mass is 31.2. The Hall–Kier alpha value is -0.0900. The number of phosphoric ester groups is 1. The highest BCUT2D eigenvalue weighted by molar-refractivity contribution is 7.48. The van der Waals surface area contributed by atoms with Gasteiger partial charge in [-0.3, -0.25) is 13.6 Å². The van der Waals surface area contributed by atoms with Gasteiger partial charge in [-0.2, -0.15) is 0 Å². The van der Waals surface area contributed by atoms with Crippen molar-refractivity contribution < 1.29 is 41.8 Å². The summed E-state index contributed by atoms with van der Waals surface area (Å²) in [5.41, 5.74) is 0. The van der Waals surface area contributed by atoms with Crippen molar-refractivity contribution in [2.24, 2.45) is 5.92 Å². The van der Waals surface area contributed by atoms with Crippen LogP contribution < -0.4 is 0 Å². The minimum atomic E-state index is -3.49. The van der Waals surface area contributed by atoms with Gasteiger partial charge in [-0.25, -0.2) is 4.57 Å². The molecule has 0 N–H and O–H groups in total. The molecule has 0 rings (SSSR count). The van der Waals surface area contributed by atoms with Crippen LogP contribution in [0.2, 0.25) is 0 Å². The predicted molar refractivity (Wildman–Crippen MR) is 110 cm³/mol. The molecule has 0 saturated heterocycles. The molecule has 0 fully saturated rings. The fourth-order valence-electron chi connectivity index (χ4n) is 1.89. The third kappa shape index (κ3) is 20.9. The van der Waals surface area contributed by atoms with E-state index < -0.39 is 7.82 Å². The van der Waals surface area contributed by atoms with Crippen molar-refractivity contribution in [1.29, 1.82) is 0 Å². The van der Waals surface area contributed by atoms with E-state index in [0.29, 0.717) is 58.8 Å². The maximum Gasteiger partial charge on any atom is 0.474 e. The van der Waals surface area contributed by atoms with E-state index in [9.17, 15) is 4.57 Å². The van der Waals surface area contributed by atoms with Crippen LogP contribution in [0.3, 0.4) is 0 Å². The van der Waals surface area contributed by atoms with Gasteiger partial charge in [0.2, 0.25) is 0 Å². The molecule has 0 aromatic rings. The molecule has 0 spiro atoms. The molecule has 9 nitrogen and oxygen atoms in total. The zero-order valence-corrected chi connectivity index (χ0v) is 19.7. The van der Waals surface area contributed by atoms with E-state index in [0.717, 1.165) is 13.0 Å². The third-order valence-corrected chi connectivity index (χ3v) is 4.99. The average molecular weight is 445 g/mol. The van der Waals surface area contributed by atoms with Gasteiger partial charge in [0.25, 0.3) is 0 Å². The summed E-state index contributed by atoms with van der Waals surface area (Å²) in [6.07, 6.45) is 0.822. The second-order valence-corrected chi connectivity index (χ2v) is 8.59. The van der Waals surface area contributed by atoms with Gasteiger partial charge in [-0.1, -0.05) is 13.8 Å².